The van der Waals surface area contributed by atoms with Crippen molar-refractivity contribution < 1.29 is 9.18 Å². The maximum Gasteiger partial charge on any atom is 0.255 e. The summed E-state index contributed by atoms with van der Waals surface area (Å²) in [4.78, 5) is 21.9. The normalized spacial score (nSPS) is 22.2. The van der Waals surface area contributed by atoms with E-state index in [0.717, 1.165) is 37.6 Å². The Morgan fingerprint density at radius 2 is 1.87 bits per heavy atom. The van der Waals surface area contributed by atoms with Gasteiger partial charge in [-0.15, -0.1) is 0 Å². The van der Waals surface area contributed by atoms with Crippen LogP contribution >= 0.6 is 11.8 Å². The average Bonchev–Trinajstić information content (AvgIpc) is 2.75. The van der Waals surface area contributed by atoms with Gasteiger partial charge in [-0.05, 0) is 62.9 Å². The Bertz CT molecular complexity index is 988. The molecule has 0 spiro atoms. The number of hydrogen-bond donors (Lipinski definition) is 2. The minimum atomic E-state index is -0.732. The average molecular weight is 442 g/mol. The molecule has 8 heteroatoms. The van der Waals surface area contributed by atoms with Crippen LogP contribution in [0.2, 0.25) is 0 Å². The lowest BCUT2D eigenvalue weighted by Crippen LogP contribution is -2.44. The summed E-state index contributed by atoms with van der Waals surface area (Å²) in [6, 6.07) is 12.2. The number of likely N-dealkylation sites (N-methyl/N-ethyl adjacent to an activating group) is 1. The van der Waals surface area contributed by atoms with Gasteiger partial charge in [0, 0.05) is 54.4 Å². The van der Waals surface area contributed by atoms with Crippen molar-refractivity contribution >= 4 is 34.2 Å². The first-order valence-corrected chi connectivity index (χ1v) is 11.5. The summed E-state index contributed by atoms with van der Waals surface area (Å²) in [6.07, 6.45) is 0.681. The van der Waals surface area contributed by atoms with E-state index in [-0.39, 0.29) is 11.7 Å². The van der Waals surface area contributed by atoms with Gasteiger partial charge in [0.1, 0.15) is 5.82 Å². The van der Waals surface area contributed by atoms with E-state index in [1.54, 1.807) is 12.1 Å². The van der Waals surface area contributed by atoms with Crippen LogP contribution < -0.4 is 16.0 Å². The quantitative estimate of drug-likeness (QED) is 0.760. The van der Waals surface area contributed by atoms with Gasteiger partial charge in [-0.1, -0.05) is 11.8 Å². The number of nitrogens with two attached hydrogens (primary N) is 1. The molecule has 2 aromatic carbocycles. The Hall–Kier alpha value is -2.58. The minimum Gasteiger partial charge on any atom is -0.379 e. The Kier molecular flexibility index (Phi) is 6.20. The largest absolute Gasteiger partial charge is 0.379 e. The lowest BCUT2D eigenvalue weighted by atomic mass is 9.89. The molecule has 1 amide bonds. The second kappa shape index (κ2) is 8.88. The summed E-state index contributed by atoms with van der Waals surface area (Å²) in [5.41, 5.74) is 7.81. The number of benzene rings is 2. The van der Waals surface area contributed by atoms with Gasteiger partial charge in [0.05, 0.1) is 5.54 Å². The molecule has 2 aliphatic rings. The van der Waals surface area contributed by atoms with Crippen LogP contribution in [0.25, 0.3) is 0 Å². The van der Waals surface area contributed by atoms with Crippen molar-refractivity contribution in [3.63, 3.8) is 0 Å². The van der Waals surface area contributed by atoms with Gasteiger partial charge in [0.15, 0.2) is 5.17 Å². The number of hydrogen-bond acceptors (Lipinski definition) is 6. The third kappa shape index (κ3) is 4.85. The van der Waals surface area contributed by atoms with Crippen LogP contribution in [-0.4, -0.2) is 55.0 Å². The van der Waals surface area contributed by atoms with Crippen molar-refractivity contribution in [2.45, 2.75) is 18.9 Å². The van der Waals surface area contributed by atoms with E-state index in [1.165, 1.54) is 17.8 Å². The molecule has 2 aliphatic heterocycles. The molecule has 0 saturated carbocycles. The molecule has 0 radical (unpaired) electrons. The van der Waals surface area contributed by atoms with Crippen LogP contribution in [-0.2, 0) is 5.54 Å². The third-order valence-electron chi connectivity index (χ3n) is 6.00. The number of rotatable bonds is 4. The van der Waals surface area contributed by atoms with Crippen LogP contribution in [0, 0.1) is 5.82 Å². The molecule has 0 aromatic heterocycles. The molecule has 2 aromatic rings. The van der Waals surface area contributed by atoms with Gasteiger partial charge in [-0.25, -0.2) is 4.39 Å². The number of halogens is 1. The number of nitrogens with one attached hydrogen (secondary N) is 1. The lowest BCUT2D eigenvalue weighted by molar-refractivity contribution is 0.102. The molecule has 164 valence electrons. The number of aliphatic imine (C=N–C) groups is 1. The number of carbonyl (C=O) groups is 1. The Morgan fingerprint density at radius 3 is 2.55 bits per heavy atom. The highest BCUT2D eigenvalue weighted by atomic mass is 32.2. The predicted molar refractivity (Wildman–Crippen MR) is 127 cm³/mol. The summed E-state index contributed by atoms with van der Waals surface area (Å²) in [5.74, 6) is 0.206. The Balaban J connectivity index is 1.48. The Morgan fingerprint density at radius 1 is 1.16 bits per heavy atom. The first-order chi connectivity index (χ1) is 14.8. The van der Waals surface area contributed by atoms with Crippen LogP contribution in [0.15, 0.2) is 47.5 Å². The first kappa shape index (κ1) is 21.6. The minimum absolute atomic E-state index is 0.227. The van der Waals surface area contributed by atoms with Crippen LogP contribution in [0.1, 0.15) is 29.3 Å². The fourth-order valence-corrected chi connectivity index (χ4v) is 4.96. The zero-order chi connectivity index (χ0) is 22.0. The number of nitrogens with zero attached hydrogens (tertiary/aromatic N) is 3. The number of amidine groups is 1. The van der Waals surface area contributed by atoms with Gasteiger partial charge in [0.2, 0.25) is 0 Å². The molecule has 0 aliphatic carbocycles. The summed E-state index contributed by atoms with van der Waals surface area (Å²) in [7, 11) is 2.13. The fourth-order valence-electron chi connectivity index (χ4n) is 3.99. The maximum atomic E-state index is 14.6. The fraction of sp³-hybridized carbons (Fsp3) is 0.391. The number of carbonyl (C=O) groups excluding carboxylic acids is 1. The zero-order valence-electron chi connectivity index (χ0n) is 17.9. The molecular formula is C23H28FN5OS. The highest BCUT2D eigenvalue weighted by Gasteiger charge is 2.32. The predicted octanol–water partition coefficient (Wildman–Crippen LogP) is 3.50. The molecule has 1 saturated heterocycles. The van der Waals surface area contributed by atoms with Crippen molar-refractivity contribution in [3.05, 3.63) is 59.4 Å². The monoisotopic (exact) mass is 441 g/mol. The molecule has 4 rings (SSSR count). The number of piperazine rings is 1. The standard InChI is InChI=1S/C23H28FN5OS/c1-23(9-14-31-22(25)27-23)19-15-17(5-8-20(19)24)26-21(30)16-3-6-18(7-4-16)29-12-10-28(2)11-13-29/h3-8,15H,9-14H2,1-2H3,(H2,25,27)(H,26,30). The smallest absolute Gasteiger partial charge is 0.255 e. The summed E-state index contributed by atoms with van der Waals surface area (Å²) in [6.45, 7) is 5.89. The van der Waals surface area contributed by atoms with Gasteiger partial charge < -0.3 is 20.9 Å². The van der Waals surface area contributed by atoms with Crippen molar-refractivity contribution in [1.82, 2.24) is 4.90 Å². The van der Waals surface area contributed by atoms with Crippen molar-refractivity contribution in [2.24, 2.45) is 10.7 Å². The van der Waals surface area contributed by atoms with Gasteiger partial charge in [-0.2, -0.15) is 0 Å². The molecule has 1 atom stereocenters. The van der Waals surface area contributed by atoms with Gasteiger partial charge in [-0.3, -0.25) is 9.79 Å². The maximum absolute atomic E-state index is 14.6. The molecule has 1 unspecified atom stereocenters. The van der Waals surface area contributed by atoms with E-state index >= 15 is 0 Å². The van der Waals surface area contributed by atoms with E-state index < -0.39 is 5.54 Å². The molecule has 3 N–H and O–H groups in total. The zero-order valence-corrected chi connectivity index (χ0v) is 18.7. The van der Waals surface area contributed by atoms with E-state index in [1.807, 2.05) is 31.2 Å². The summed E-state index contributed by atoms with van der Waals surface area (Å²) in [5, 5.41) is 3.35. The van der Waals surface area contributed by atoms with Crippen LogP contribution in [0.5, 0.6) is 0 Å². The topological polar surface area (TPSA) is 74.0 Å². The lowest BCUT2D eigenvalue weighted by Gasteiger charge is -2.34. The van der Waals surface area contributed by atoms with Crippen molar-refractivity contribution in [3.8, 4) is 0 Å². The number of anilines is 2. The molecule has 0 bridgehead atoms. The van der Waals surface area contributed by atoms with Crippen LogP contribution in [0.3, 0.4) is 0 Å². The van der Waals surface area contributed by atoms with Gasteiger partial charge in [0.25, 0.3) is 5.91 Å². The molecule has 31 heavy (non-hydrogen) atoms. The van der Waals surface area contributed by atoms with E-state index in [9.17, 15) is 9.18 Å². The van der Waals surface area contributed by atoms with E-state index in [4.69, 9.17) is 5.73 Å². The number of amides is 1. The molecule has 6 nitrogen and oxygen atoms in total. The van der Waals surface area contributed by atoms with Crippen molar-refractivity contribution in [2.75, 3.05) is 49.2 Å². The number of thioether (sulfide) groups is 1. The third-order valence-corrected chi connectivity index (χ3v) is 6.79. The molecular weight excluding hydrogens is 413 g/mol. The van der Waals surface area contributed by atoms with E-state index in [2.05, 4.69) is 27.2 Å². The molecule has 1 fully saturated rings. The first-order valence-electron chi connectivity index (χ1n) is 10.5. The van der Waals surface area contributed by atoms with Crippen LogP contribution in [0.4, 0.5) is 15.8 Å². The van der Waals surface area contributed by atoms with Crippen molar-refractivity contribution in [1.29, 1.82) is 0 Å². The second-order valence-corrected chi connectivity index (χ2v) is 9.42. The summed E-state index contributed by atoms with van der Waals surface area (Å²) >= 11 is 1.47. The SMILES string of the molecule is CN1CCN(c2ccc(C(=O)Nc3ccc(F)c(C4(C)CCSC(N)=N4)c3)cc2)CC1. The van der Waals surface area contributed by atoms with Gasteiger partial charge >= 0.3 is 0 Å². The Labute approximate surface area is 186 Å². The second-order valence-electron chi connectivity index (χ2n) is 8.31. The highest BCUT2D eigenvalue weighted by Crippen LogP contribution is 2.37. The highest BCUT2D eigenvalue weighted by molar-refractivity contribution is 8.13. The van der Waals surface area contributed by atoms with E-state index in [0.29, 0.717) is 28.4 Å². The molecule has 2 heterocycles. The summed E-state index contributed by atoms with van der Waals surface area (Å²) < 4.78 is 14.6.